The van der Waals surface area contributed by atoms with Gasteiger partial charge in [-0.1, -0.05) is 36.4 Å². The number of nitrogens with zero attached hydrogens (tertiary/aromatic N) is 2. The lowest BCUT2D eigenvalue weighted by Crippen LogP contribution is -2.35. The molecule has 0 saturated carbocycles. The summed E-state index contributed by atoms with van der Waals surface area (Å²) in [6.07, 6.45) is 5.16. The van der Waals surface area contributed by atoms with Crippen molar-refractivity contribution < 1.29 is 24.5 Å². The van der Waals surface area contributed by atoms with Gasteiger partial charge in [-0.05, 0) is 84.0 Å². The highest BCUT2D eigenvalue weighted by molar-refractivity contribution is 6.22. The van der Waals surface area contributed by atoms with Gasteiger partial charge in [0.1, 0.15) is 5.75 Å². The summed E-state index contributed by atoms with van der Waals surface area (Å²) in [6.45, 7) is 0.190. The monoisotopic (exact) mass is 522 g/mol. The zero-order valence-electron chi connectivity index (χ0n) is 21.4. The molecule has 1 aromatic heterocycles. The Bertz CT molecular complexity index is 1450. The summed E-state index contributed by atoms with van der Waals surface area (Å²) in [5.74, 6) is -1.37. The maximum atomic E-state index is 13.6. The van der Waals surface area contributed by atoms with E-state index in [-0.39, 0.29) is 36.2 Å². The van der Waals surface area contributed by atoms with E-state index in [2.05, 4.69) is 4.98 Å². The van der Waals surface area contributed by atoms with E-state index in [9.17, 15) is 19.8 Å². The molecule has 0 spiro atoms. The van der Waals surface area contributed by atoms with E-state index in [0.29, 0.717) is 31.6 Å². The van der Waals surface area contributed by atoms with Crippen LogP contribution in [-0.4, -0.2) is 46.3 Å². The van der Waals surface area contributed by atoms with E-state index in [0.717, 1.165) is 28.0 Å². The number of amides is 2. The van der Waals surface area contributed by atoms with Gasteiger partial charge in [0.15, 0.2) is 0 Å². The van der Waals surface area contributed by atoms with Crippen LogP contribution in [0.3, 0.4) is 0 Å². The fraction of sp³-hybridized carbons (Fsp3) is 0.281. The minimum absolute atomic E-state index is 0.159. The molecular formula is C32H30N2O5. The van der Waals surface area contributed by atoms with Crippen molar-refractivity contribution in [1.29, 1.82) is 0 Å². The number of rotatable bonds is 7. The molecule has 7 heteroatoms. The maximum Gasteiger partial charge on any atom is 0.238 e. The first-order chi connectivity index (χ1) is 19.0. The number of pyridine rings is 1. The number of phenols is 1. The van der Waals surface area contributed by atoms with E-state index in [1.807, 2.05) is 48.5 Å². The van der Waals surface area contributed by atoms with Gasteiger partial charge in [0.25, 0.3) is 0 Å². The quantitative estimate of drug-likeness (QED) is 0.347. The smallest absolute Gasteiger partial charge is 0.238 e. The number of imide groups is 1. The Kier molecular flexibility index (Phi) is 6.85. The third-order valence-electron chi connectivity index (χ3n) is 8.09. The number of phenolic OH excluding ortho intramolecular Hbond substituents is 1. The highest BCUT2D eigenvalue weighted by Crippen LogP contribution is 2.50. The lowest BCUT2D eigenvalue weighted by Gasteiger charge is -2.31. The van der Waals surface area contributed by atoms with Gasteiger partial charge < -0.3 is 14.9 Å². The topological polar surface area (TPSA) is 100.0 Å². The molecule has 2 amide bonds. The van der Waals surface area contributed by atoms with Crippen molar-refractivity contribution in [3.63, 3.8) is 0 Å². The molecule has 2 aliphatic heterocycles. The summed E-state index contributed by atoms with van der Waals surface area (Å²) in [5, 5.41) is 20.3. The molecule has 0 bridgehead atoms. The van der Waals surface area contributed by atoms with Crippen LogP contribution in [0.25, 0.3) is 11.6 Å². The Balaban J connectivity index is 1.27. The predicted octanol–water partition coefficient (Wildman–Crippen LogP) is 4.62. The van der Waals surface area contributed by atoms with E-state index < -0.39 is 11.8 Å². The lowest BCUT2D eigenvalue weighted by atomic mass is 9.69. The summed E-state index contributed by atoms with van der Waals surface area (Å²) in [5.41, 5.74) is 5.08. The van der Waals surface area contributed by atoms with E-state index >= 15 is 0 Å². The van der Waals surface area contributed by atoms with Gasteiger partial charge in [-0.15, -0.1) is 0 Å². The van der Waals surface area contributed by atoms with Gasteiger partial charge in [-0.2, -0.15) is 0 Å². The van der Waals surface area contributed by atoms with Gasteiger partial charge in [0.2, 0.25) is 11.8 Å². The van der Waals surface area contributed by atoms with Crippen LogP contribution in [0.1, 0.15) is 30.5 Å². The second kappa shape index (κ2) is 10.6. The number of aromatic nitrogens is 1. The molecule has 39 heavy (non-hydrogen) atoms. The fourth-order valence-corrected chi connectivity index (χ4v) is 6.38. The number of fused-ring (bicyclic) bond motifs is 3. The molecule has 198 valence electrons. The minimum atomic E-state index is -0.481. The number of aromatic hydroxyl groups is 1. The Labute approximate surface area is 227 Å². The first-order valence-electron chi connectivity index (χ1n) is 13.3. The van der Waals surface area contributed by atoms with E-state index in [1.54, 1.807) is 36.5 Å². The number of aliphatic hydroxyl groups is 1. The normalized spacial score (nSPS) is 24.7. The molecule has 3 heterocycles. The number of para-hydroxylation sites is 1. The fourth-order valence-electron chi connectivity index (χ4n) is 6.38. The molecule has 3 aromatic rings. The summed E-state index contributed by atoms with van der Waals surface area (Å²) in [4.78, 5) is 32.8. The van der Waals surface area contributed by atoms with Gasteiger partial charge in [-0.25, -0.2) is 0 Å². The predicted molar refractivity (Wildman–Crippen MR) is 147 cm³/mol. The first-order valence-corrected chi connectivity index (χ1v) is 13.3. The average molecular weight is 523 g/mol. The highest BCUT2D eigenvalue weighted by Gasteiger charge is 2.57. The van der Waals surface area contributed by atoms with Crippen LogP contribution >= 0.6 is 0 Å². The molecule has 2 fully saturated rings. The molecule has 2 saturated heterocycles. The molecule has 4 atom stereocenters. The number of carbonyl (C=O) groups excluding carboxylic acids is 2. The third-order valence-corrected chi connectivity index (χ3v) is 8.09. The van der Waals surface area contributed by atoms with Crippen molar-refractivity contribution >= 4 is 29.2 Å². The first kappa shape index (κ1) is 25.2. The molecule has 6 rings (SSSR count). The number of allylic oxidation sites excluding steroid dienone is 1. The number of ether oxygens (including phenoxy) is 1. The van der Waals surface area contributed by atoms with Crippen LogP contribution < -0.4 is 4.90 Å². The van der Waals surface area contributed by atoms with Crippen LogP contribution in [0.2, 0.25) is 0 Å². The Morgan fingerprint density at radius 3 is 2.56 bits per heavy atom. The number of aliphatic hydroxyl groups excluding tert-OH is 1. The minimum Gasteiger partial charge on any atom is -0.508 e. The van der Waals surface area contributed by atoms with E-state index in [1.165, 1.54) is 4.90 Å². The van der Waals surface area contributed by atoms with Crippen molar-refractivity contribution in [1.82, 2.24) is 4.98 Å². The lowest BCUT2D eigenvalue weighted by molar-refractivity contribution is -0.122. The zero-order chi connectivity index (χ0) is 26.9. The second-order valence-electron chi connectivity index (χ2n) is 10.3. The van der Waals surface area contributed by atoms with Crippen LogP contribution in [0, 0.1) is 17.8 Å². The van der Waals surface area contributed by atoms with E-state index in [4.69, 9.17) is 4.74 Å². The summed E-state index contributed by atoms with van der Waals surface area (Å²) >= 11 is 0. The number of carbonyl (C=O) groups is 2. The molecule has 0 radical (unpaired) electrons. The van der Waals surface area contributed by atoms with Gasteiger partial charge >= 0.3 is 0 Å². The molecular weight excluding hydrogens is 492 g/mol. The van der Waals surface area contributed by atoms with Crippen molar-refractivity contribution in [2.24, 2.45) is 17.8 Å². The Hall–Kier alpha value is -4.07. The summed E-state index contributed by atoms with van der Waals surface area (Å²) in [6, 6.07) is 21.9. The highest BCUT2D eigenvalue weighted by atomic mass is 16.5. The molecule has 3 aliphatic rings. The second-order valence-corrected chi connectivity index (χ2v) is 10.3. The average Bonchev–Trinajstić information content (AvgIpc) is 3.49. The molecule has 2 N–H and O–H groups in total. The standard InChI is InChI=1S/C32H30N2O5/c35-18-22-17-25-30(32(38)34(31(25)37)23-8-2-1-3-9-23)26-19-39-28(29(22)26)13-12-21(27-11-4-5-14-33-27)15-20-7-6-10-24(36)16-20/h1-11,14-16,25-26,28,30,35-36H,12-13,17-19H2/b21-15-/t25-,26+,28-,30-/m1/s1. The summed E-state index contributed by atoms with van der Waals surface area (Å²) < 4.78 is 6.28. The SMILES string of the molecule is O=C1[C@@H]2[C@@H](CC(CO)=C3[C@@H](CC/C(=C/c4cccc(O)c4)c4ccccn4)OC[C@@H]32)C(=O)N1c1ccccc1. The van der Waals surface area contributed by atoms with Crippen molar-refractivity contribution in [2.75, 3.05) is 18.1 Å². The van der Waals surface area contributed by atoms with Crippen LogP contribution in [0.5, 0.6) is 5.75 Å². The van der Waals surface area contributed by atoms with Gasteiger partial charge in [-0.3, -0.25) is 19.5 Å². The Morgan fingerprint density at radius 2 is 1.82 bits per heavy atom. The van der Waals surface area contributed by atoms with Gasteiger partial charge in [0.05, 0.1) is 42.5 Å². The van der Waals surface area contributed by atoms with Crippen molar-refractivity contribution in [2.45, 2.75) is 25.4 Å². The Morgan fingerprint density at radius 1 is 1.00 bits per heavy atom. The number of benzene rings is 2. The van der Waals surface area contributed by atoms with Crippen molar-refractivity contribution in [3.8, 4) is 5.75 Å². The number of hydrogen-bond acceptors (Lipinski definition) is 6. The third kappa shape index (κ3) is 4.68. The molecule has 7 nitrogen and oxygen atoms in total. The summed E-state index contributed by atoms with van der Waals surface area (Å²) in [7, 11) is 0. The van der Waals surface area contributed by atoms with Crippen molar-refractivity contribution in [3.05, 3.63) is 101 Å². The number of anilines is 1. The number of hydrogen-bond donors (Lipinski definition) is 2. The maximum absolute atomic E-state index is 13.6. The van der Waals surface area contributed by atoms with Crippen LogP contribution in [-0.2, 0) is 14.3 Å². The van der Waals surface area contributed by atoms with Crippen LogP contribution in [0.15, 0.2) is 90.1 Å². The van der Waals surface area contributed by atoms with Crippen LogP contribution in [0.4, 0.5) is 5.69 Å². The molecule has 1 aliphatic carbocycles. The molecule has 0 unspecified atom stereocenters. The largest absolute Gasteiger partial charge is 0.508 e. The zero-order valence-corrected chi connectivity index (χ0v) is 21.4. The van der Waals surface area contributed by atoms with Gasteiger partial charge in [0, 0.05) is 12.1 Å². The molecule has 2 aromatic carbocycles.